The Balaban J connectivity index is 1.77. The average molecular weight is 404 g/mol. The molecule has 0 unspecified atom stereocenters. The second-order valence-electron chi connectivity index (χ2n) is 6.42. The van der Waals surface area contributed by atoms with Crippen LogP contribution in [-0.2, 0) is 12.5 Å². The molecule has 0 aromatic heterocycles. The zero-order chi connectivity index (χ0) is 21.0. The Bertz CT molecular complexity index is 972. The molecule has 0 fully saturated rings. The first kappa shape index (κ1) is 20.6. The van der Waals surface area contributed by atoms with Gasteiger partial charge in [-0.1, -0.05) is 42.5 Å². The molecule has 0 atom stereocenters. The number of ether oxygens (including phenoxy) is 1. The number of hydrogen-bond donors (Lipinski definition) is 0. The van der Waals surface area contributed by atoms with Crippen LogP contribution in [0, 0.1) is 17.5 Å². The molecular formula is C23H17F5O. The predicted molar refractivity (Wildman–Crippen MR) is 101 cm³/mol. The van der Waals surface area contributed by atoms with Gasteiger partial charge in [-0.2, -0.15) is 8.78 Å². The summed E-state index contributed by atoms with van der Waals surface area (Å²) in [6.45, 7) is 3.68. The highest BCUT2D eigenvalue weighted by Gasteiger charge is 2.35. The van der Waals surface area contributed by atoms with Crippen molar-refractivity contribution in [2.75, 3.05) is 0 Å². The smallest absolute Gasteiger partial charge is 0.426 e. The van der Waals surface area contributed by atoms with Crippen LogP contribution in [0.25, 0.3) is 11.1 Å². The van der Waals surface area contributed by atoms with E-state index in [2.05, 4.69) is 11.3 Å². The molecule has 3 aromatic carbocycles. The van der Waals surface area contributed by atoms with E-state index in [0.29, 0.717) is 12.1 Å². The molecule has 0 aliphatic rings. The largest absolute Gasteiger partial charge is 0.429 e. The van der Waals surface area contributed by atoms with Crippen LogP contribution in [0.4, 0.5) is 22.0 Å². The van der Waals surface area contributed by atoms with Crippen LogP contribution < -0.4 is 4.74 Å². The Morgan fingerprint density at radius 3 is 1.86 bits per heavy atom. The predicted octanol–water partition coefficient (Wildman–Crippen LogP) is 7.02. The molecule has 0 aliphatic heterocycles. The lowest BCUT2D eigenvalue weighted by Crippen LogP contribution is -2.22. The quantitative estimate of drug-likeness (QED) is 0.234. The van der Waals surface area contributed by atoms with Crippen molar-refractivity contribution in [3.05, 3.63) is 102 Å². The Hall–Kier alpha value is -3.15. The van der Waals surface area contributed by atoms with Gasteiger partial charge < -0.3 is 4.74 Å². The SMILES string of the molecule is C=CCCc1ccc(-c2ccc(C(F)(F)Oc3cc(F)c(F)c(F)c3)cc2)cc1. The van der Waals surface area contributed by atoms with E-state index in [1.54, 1.807) is 0 Å². The lowest BCUT2D eigenvalue weighted by atomic mass is 10.0. The van der Waals surface area contributed by atoms with Gasteiger partial charge in [-0.3, -0.25) is 0 Å². The molecule has 3 aromatic rings. The van der Waals surface area contributed by atoms with E-state index in [1.807, 2.05) is 30.3 Å². The maximum Gasteiger partial charge on any atom is 0.426 e. The maximum absolute atomic E-state index is 14.3. The van der Waals surface area contributed by atoms with Crippen LogP contribution in [-0.4, -0.2) is 0 Å². The van der Waals surface area contributed by atoms with Crippen LogP contribution in [0.1, 0.15) is 17.5 Å². The monoisotopic (exact) mass is 404 g/mol. The van der Waals surface area contributed by atoms with Gasteiger partial charge in [-0.15, -0.1) is 6.58 Å². The number of hydrogen-bond acceptors (Lipinski definition) is 1. The van der Waals surface area contributed by atoms with Gasteiger partial charge in [0.1, 0.15) is 5.75 Å². The number of rotatable bonds is 7. The Morgan fingerprint density at radius 2 is 1.34 bits per heavy atom. The number of alkyl halides is 2. The second kappa shape index (κ2) is 8.47. The first-order valence-electron chi connectivity index (χ1n) is 8.82. The van der Waals surface area contributed by atoms with Gasteiger partial charge in [-0.05, 0) is 41.7 Å². The van der Waals surface area contributed by atoms with Gasteiger partial charge in [0.15, 0.2) is 17.5 Å². The summed E-state index contributed by atoms with van der Waals surface area (Å²) in [5.41, 5.74) is 2.21. The minimum Gasteiger partial charge on any atom is -0.429 e. The molecule has 0 radical (unpaired) electrons. The number of aryl methyl sites for hydroxylation is 1. The van der Waals surface area contributed by atoms with Crippen molar-refractivity contribution in [3.63, 3.8) is 0 Å². The second-order valence-corrected chi connectivity index (χ2v) is 6.42. The Kier molecular flexibility index (Phi) is 6.01. The van der Waals surface area contributed by atoms with Crippen molar-refractivity contribution >= 4 is 0 Å². The minimum atomic E-state index is -3.86. The van der Waals surface area contributed by atoms with Crippen molar-refractivity contribution in [1.82, 2.24) is 0 Å². The van der Waals surface area contributed by atoms with Crippen molar-refractivity contribution in [1.29, 1.82) is 0 Å². The van der Waals surface area contributed by atoms with E-state index >= 15 is 0 Å². The summed E-state index contributed by atoms with van der Waals surface area (Å²) in [7, 11) is 0. The van der Waals surface area contributed by atoms with E-state index in [-0.39, 0.29) is 0 Å². The van der Waals surface area contributed by atoms with E-state index in [9.17, 15) is 22.0 Å². The molecule has 0 heterocycles. The van der Waals surface area contributed by atoms with Crippen LogP contribution >= 0.6 is 0 Å². The first-order valence-corrected chi connectivity index (χ1v) is 8.82. The number of benzene rings is 3. The fourth-order valence-corrected chi connectivity index (χ4v) is 2.79. The molecule has 0 aliphatic carbocycles. The van der Waals surface area contributed by atoms with Gasteiger partial charge >= 0.3 is 6.11 Å². The fourth-order valence-electron chi connectivity index (χ4n) is 2.79. The molecular weight excluding hydrogens is 387 g/mol. The molecule has 150 valence electrons. The van der Waals surface area contributed by atoms with Gasteiger partial charge in [0, 0.05) is 12.1 Å². The third kappa shape index (κ3) is 4.83. The van der Waals surface area contributed by atoms with Crippen LogP contribution in [0.15, 0.2) is 73.3 Å². The van der Waals surface area contributed by atoms with Crippen LogP contribution in [0.5, 0.6) is 5.75 Å². The molecule has 0 N–H and O–H groups in total. The number of allylic oxidation sites excluding steroid dienone is 1. The Morgan fingerprint density at radius 1 is 0.828 bits per heavy atom. The summed E-state index contributed by atoms with van der Waals surface area (Å²) in [4.78, 5) is 0. The summed E-state index contributed by atoms with van der Waals surface area (Å²) in [5.74, 6) is -5.78. The van der Waals surface area contributed by atoms with Gasteiger partial charge in [0.2, 0.25) is 0 Å². The summed E-state index contributed by atoms with van der Waals surface area (Å²) < 4.78 is 72.5. The first-order chi connectivity index (χ1) is 13.8. The molecule has 0 spiro atoms. The van der Waals surface area contributed by atoms with Crippen molar-refractivity contribution in [2.24, 2.45) is 0 Å². The highest BCUT2D eigenvalue weighted by atomic mass is 19.3. The summed E-state index contributed by atoms with van der Waals surface area (Å²) in [6, 6.07) is 13.8. The molecule has 6 heteroatoms. The van der Waals surface area contributed by atoms with E-state index in [0.717, 1.165) is 41.7 Å². The molecule has 3 rings (SSSR count). The van der Waals surface area contributed by atoms with Crippen molar-refractivity contribution in [3.8, 4) is 16.9 Å². The highest BCUT2D eigenvalue weighted by molar-refractivity contribution is 5.64. The van der Waals surface area contributed by atoms with Crippen molar-refractivity contribution < 1.29 is 26.7 Å². The zero-order valence-electron chi connectivity index (χ0n) is 15.3. The molecule has 29 heavy (non-hydrogen) atoms. The summed E-state index contributed by atoms with van der Waals surface area (Å²) in [5, 5.41) is 0. The minimum absolute atomic E-state index is 0.370. The van der Waals surface area contributed by atoms with E-state index < -0.39 is 34.9 Å². The topological polar surface area (TPSA) is 9.23 Å². The zero-order valence-corrected chi connectivity index (χ0v) is 15.3. The van der Waals surface area contributed by atoms with Crippen molar-refractivity contribution in [2.45, 2.75) is 19.0 Å². The highest BCUT2D eigenvalue weighted by Crippen LogP contribution is 2.34. The molecule has 0 amide bonds. The van der Waals surface area contributed by atoms with Gasteiger partial charge in [-0.25, -0.2) is 13.2 Å². The Labute approximate surface area is 165 Å². The van der Waals surface area contributed by atoms with Crippen LogP contribution in [0.3, 0.4) is 0 Å². The van der Waals surface area contributed by atoms with Crippen LogP contribution in [0.2, 0.25) is 0 Å². The summed E-state index contributed by atoms with van der Waals surface area (Å²) >= 11 is 0. The third-order valence-electron chi connectivity index (χ3n) is 4.35. The van der Waals surface area contributed by atoms with E-state index in [1.165, 1.54) is 12.1 Å². The lowest BCUT2D eigenvalue weighted by molar-refractivity contribution is -0.185. The molecule has 1 nitrogen and oxygen atoms in total. The molecule has 0 saturated heterocycles. The summed E-state index contributed by atoms with van der Waals surface area (Å²) in [6.07, 6.45) is -0.283. The molecule has 0 saturated carbocycles. The standard InChI is InChI=1S/C23H17F5O/c1-2-3-4-15-5-7-16(8-6-15)17-9-11-18(12-10-17)23(27,28)29-19-13-20(24)22(26)21(25)14-19/h2,5-14H,1,3-4H2. The molecule has 0 bridgehead atoms. The number of halogens is 5. The third-order valence-corrected chi connectivity index (χ3v) is 4.35. The maximum atomic E-state index is 14.3. The van der Waals surface area contributed by atoms with Gasteiger partial charge in [0.25, 0.3) is 0 Å². The normalized spacial score (nSPS) is 11.3. The lowest BCUT2D eigenvalue weighted by Gasteiger charge is -2.19. The van der Waals surface area contributed by atoms with Gasteiger partial charge in [0.05, 0.1) is 5.56 Å². The van der Waals surface area contributed by atoms with E-state index in [4.69, 9.17) is 0 Å². The average Bonchev–Trinajstić information content (AvgIpc) is 2.70. The fraction of sp³-hybridized carbons (Fsp3) is 0.130.